The molecule has 0 spiro atoms. The lowest BCUT2D eigenvalue weighted by Crippen LogP contribution is -2.49. The molecule has 0 aliphatic carbocycles. The fraction of sp³-hybridized carbons (Fsp3) is 0.190. The number of carbonyl (C=O) groups excluding carboxylic acids is 1. The van der Waals surface area contributed by atoms with Crippen molar-refractivity contribution in [1.82, 2.24) is 24.2 Å². The van der Waals surface area contributed by atoms with Crippen LogP contribution in [0.1, 0.15) is 10.4 Å². The molecular formula is C21H17ClN6OS. The highest BCUT2D eigenvalue weighted by atomic mass is 35.5. The van der Waals surface area contributed by atoms with Gasteiger partial charge >= 0.3 is 0 Å². The Hall–Kier alpha value is -3.10. The summed E-state index contributed by atoms with van der Waals surface area (Å²) in [6.07, 6.45) is 4.86. The second-order valence-corrected chi connectivity index (χ2v) is 8.14. The number of amides is 1. The first-order chi connectivity index (χ1) is 14.7. The van der Waals surface area contributed by atoms with Crippen LogP contribution in [0.3, 0.4) is 0 Å². The number of hydrogen-bond donors (Lipinski definition) is 0. The molecular weight excluding hydrogens is 420 g/mol. The third-order valence-electron chi connectivity index (χ3n) is 5.13. The molecule has 150 valence electrons. The van der Waals surface area contributed by atoms with Gasteiger partial charge in [0, 0.05) is 49.2 Å². The van der Waals surface area contributed by atoms with Crippen molar-refractivity contribution >= 4 is 45.1 Å². The number of benzene rings is 1. The number of pyridine rings is 1. The lowest BCUT2D eigenvalue weighted by molar-refractivity contribution is 0.0746. The molecule has 1 aromatic carbocycles. The summed E-state index contributed by atoms with van der Waals surface area (Å²) in [5, 5.41) is 0.687. The zero-order chi connectivity index (χ0) is 20.5. The molecule has 1 aliphatic rings. The van der Waals surface area contributed by atoms with Gasteiger partial charge in [0.05, 0.1) is 5.56 Å². The summed E-state index contributed by atoms with van der Waals surface area (Å²) in [4.78, 5) is 29.8. The van der Waals surface area contributed by atoms with Gasteiger partial charge in [0.15, 0.2) is 5.82 Å². The van der Waals surface area contributed by atoms with Crippen molar-refractivity contribution in [1.29, 1.82) is 0 Å². The maximum atomic E-state index is 12.7. The summed E-state index contributed by atoms with van der Waals surface area (Å²) < 4.78 is 5.58. The molecule has 5 rings (SSSR count). The molecule has 0 radical (unpaired) electrons. The van der Waals surface area contributed by atoms with Crippen LogP contribution in [-0.2, 0) is 0 Å². The number of fused-ring (bicyclic) bond motifs is 1. The molecule has 0 atom stereocenters. The standard InChI is InChI=1S/C21H17ClN6OS/c22-16-5-3-14(4-6-16)17-18-19(30-26-17)20(25-13-24-18)27-8-10-28(11-9-27)21(29)15-2-1-7-23-12-15/h1-7,12-13H,8-11H2. The fourth-order valence-electron chi connectivity index (χ4n) is 3.57. The van der Waals surface area contributed by atoms with Crippen LogP contribution < -0.4 is 4.90 Å². The number of carbonyl (C=O) groups is 1. The van der Waals surface area contributed by atoms with Gasteiger partial charge < -0.3 is 9.80 Å². The Balaban J connectivity index is 1.37. The van der Waals surface area contributed by atoms with E-state index in [2.05, 4.69) is 24.2 Å². The topological polar surface area (TPSA) is 75.1 Å². The van der Waals surface area contributed by atoms with Gasteiger partial charge in [0.25, 0.3) is 5.91 Å². The van der Waals surface area contributed by atoms with E-state index in [0.29, 0.717) is 36.8 Å². The van der Waals surface area contributed by atoms with Crippen molar-refractivity contribution in [3.63, 3.8) is 0 Å². The maximum absolute atomic E-state index is 12.7. The van der Waals surface area contributed by atoms with Gasteiger partial charge in [-0.25, -0.2) is 9.97 Å². The minimum atomic E-state index is 0.0124. The van der Waals surface area contributed by atoms with Crippen LogP contribution in [0, 0.1) is 0 Å². The number of halogens is 1. The molecule has 0 N–H and O–H groups in total. The van der Waals surface area contributed by atoms with Crippen molar-refractivity contribution in [2.75, 3.05) is 31.1 Å². The highest BCUT2D eigenvalue weighted by Gasteiger charge is 2.25. The number of rotatable bonds is 3. The van der Waals surface area contributed by atoms with E-state index in [9.17, 15) is 4.79 Å². The van der Waals surface area contributed by atoms with Crippen LogP contribution in [0.2, 0.25) is 5.02 Å². The van der Waals surface area contributed by atoms with Crippen LogP contribution in [-0.4, -0.2) is 56.3 Å². The summed E-state index contributed by atoms with van der Waals surface area (Å²) in [6.45, 7) is 2.66. The Morgan fingerprint density at radius 3 is 2.57 bits per heavy atom. The quantitative estimate of drug-likeness (QED) is 0.486. The molecule has 0 saturated carbocycles. The van der Waals surface area contributed by atoms with E-state index in [1.165, 1.54) is 11.5 Å². The van der Waals surface area contributed by atoms with Crippen LogP contribution in [0.4, 0.5) is 5.82 Å². The van der Waals surface area contributed by atoms with E-state index in [0.717, 1.165) is 27.3 Å². The zero-order valence-corrected chi connectivity index (χ0v) is 17.5. The van der Waals surface area contributed by atoms with Crippen molar-refractivity contribution in [2.45, 2.75) is 0 Å². The second kappa shape index (κ2) is 7.97. The molecule has 1 fully saturated rings. The first kappa shape index (κ1) is 18.9. The molecule has 9 heteroatoms. The highest BCUT2D eigenvalue weighted by Crippen LogP contribution is 2.34. The summed E-state index contributed by atoms with van der Waals surface area (Å²) in [6, 6.07) is 11.2. The molecule has 4 heterocycles. The number of aromatic nitrogens is 4. The maximum Gasteiger partial charge on any atom is 0.255 e. The average Bonchev–Trinajstić information content (AvgIpc) is 3.24. The van der Waals surface area contributed by atoms with Gasteiger partial charge in [-0.3, -0.25) is 9.78 Å². The van der Waals surface area contributed by atoms with E-state index in [1.807, 2.05) is 29.2 Å². The molecule has 1 aliphatic heterocycles. The predicted molar refractivity (Wildman–Crippen MR) is 118 cm³/mol. The minimum absolute atomic E-state index is 0.0124. The van der Waals surface area contributed by atoms with E-state index in [-0.39, 0.29) is 5.91 Å². The van der Waals surface area contributed by atoms with Gasteiger partial charge in [0.2, 0.25) is 0 Å². The minimum Gasteiger partial charge on any atom is -0.352 e. The predicted octanol–water partition coefficient (Wildman–Crippen LogP) is 3.76. The summed E-state index contributed by atoms with van der Waals surface area (Å²) >= 11 is 7.41. The monoisotopic (exact) mass is 436 g/mol. The molecule has 3 aromatic heterocycles. The first-order valence-corrected chi connectivity index (χ1v) is 10.7. The largest absolute Gasteiger partial charge is 0.352 e. The lowest BCUT2D eigenvalue weighted by atomic mass is 10.1. The van der Waals surface area contributed by atoms with Crippen LogP contribution in [0.5, 0.6) is 0 Å². The fourth-order valence-corrected chi connectivity index (χ4v) is 4.57. The smallest absolute Gasteiger partial charge is 0.255 e. The van der Waals surface area contributed by atoms with Crippen molar-refractivity contribution in [3.05, 3.63) is 65.7 Å². The van der Waals surface area contributed by atoms with Crippen molar-refractivity contribution < 1.29 is 4.79 Å². The third kappa shape index (κ3) is 3.48. The molecule has 4 aromatic rings. The van der Waals surface area contributed by atoms with E-state index < -0.39 is 0 Å². The summed E-state index contributed by atoms with van der Waals surface area (Å²) in [5.74, 6) is 0.879. The molecule has 1 amide bonds. The van der Waals surface area contributed by atoms with E-state index >= 15 is 0 Å². The number of hydrogen-bond acceptors (Lipinski definition) is 7. The molecule has 1 saturated heterocycles. The van der Waals surface area contributed by atoms with Gasteiger partial charge in [-0.1, -0.05) is 23.7 Å². The SMILES string of the molecule is O=C(c1cccnc1)N1CCN(c2ncnc3c(-c4ccc(Cl)cc4)nsc23)CC1. The van der Waals surface area contributed by atoms with E-state index in [1.54, 1.807) is 30.9 Å². The lowest BCUT2D eigenvalue weighted by Gasteiger charge is -2.35. The van der Waals surface area contributed by atoms with E-state index in [4.69, 9.17) is 11.6 Å². The Labute approximate surface area is 182 Å². The molecule has 7 nitrogen and oxygen atoms in total. The summed E-state index contributed by atoms with van der Waals surface area (Å²) in [5.41, 5.74) is 3.26. The zero-order valence-electron chi connectivity index (χ0n) is 15.9. The number of nitrogens with zero attached hydrogens (tertiary/aromatic N) is 6. The third-order valence-corrected chi connectivity index (χ3v) is 6.21. The van der Waals surface area contributed by atoms with Crippen LogP contribution in [0.25, 0.3) is 21.5 Å². The second-order valence-electron chi connectivity index (χ2n) is 6.93. The molecule has 30 heavy (non-hydrogen) atoms. The van der Waals surface area contributed by atoms with Gasteiger partial charge in [0.1, 0.15) is 22.2 Å². The van der Waals surface area contributed by atoms with Crippen molar-refractivity contribution in [3.8, 4) is 11.3 Å². The molecule has 0 bridgehead atoms. The van der Waals surface area contributed by atoms with Gasteiger partial charge in [-0.2, -0.15) is 4.37 Å². The number of anilines is 1. The Morgan fingerprint density at radius 1 is 1.03 bits per heavy atom. The Bertz CT molecular complexity index is 1190. The van der Waals surface area contributed by atoms with Crippen LogP contribution >= 0.6 is 23.1 Å². The normalized spacial score (nSPS) is 14.3. The van der Waals surface area contributed by atoms with Gasteiger partial charge in [-0.15, -0.1) is 0 Å². The number of piperazine rings is 1. The van der Waals surface area contributed by atoms with Crippen molar-refractivity contribution in [2.24, 2.45) is 0 Å². The summed E-state index contributed by atoms with van der Waals surface area (Å²) in [7, 11) is 0. The molecule has 0 unspecified atom stereocenters. The Kier molecular flexibility index (Phi) is 5.02. The van der Waals surface area contributed by atoms with Gasteiger partial charge in [-0.05, 0) is 35.8 Å². The average molecular weight is 437 g/mol. The first-order valence-electron chi connectivity index (χ1n) is 9.51. The van der Waals surface area contributed by atoms with Crippen LogP contribution in [0.15, 0.2) is 55.1 Å². The Morgan fingerprint density at radius 2 is 1.83 bits per heavy atom. The highest BCUT2D eigenvalue weighted by molar-refractivity contribution is 7.14.